The molecule has 2 aromatic rings. The van der Waals surface area contributed by atoms with Gasteiger partial charge in [-0.3, -0.25) is 0 Å². The Hall–Kier alpha value is -1.35. The fraction of sp³-hybridized carbons (Fsp3) is 0.357. The van der Waals surface area contributed by atoms with E-state index in [1.807, 2.05) is 13.1 Å². The molecule has 1 aromatic carbocycles. The van der Waals surface area contributed by atoms with Crippen molar-refractivity contribution in [2.45, 2.75) is 20.3 Å². The van der Waals surface area contributed by atoms with Gasteiger partial charge < -0.3 is 5.32 Å². The van der Waals surface area contributed by atoms with Gasteiger partial charge in [0.1, 0.15) is 5.52 Å². The zero-order valence-electron chi connectivity index (χ0n) is 10.7. The van der Waals surface area contributed by atoms with Crippen molar-refractivity contribution >= 4 is 28.2 Å². The molecule has 0 unspecified atom stereocenters. The summed E-state index contributed by atoms with van der Waals surface area (Å²) in [7, 11) is 1.82. The summed E-state index contributed by atoms with van der Waals surface area (Å²) in [6.45, 7) is 4.22. The maximum atomic E-state index is 14.0. The van der Waals surface area contributed by atoms with Crippen LogP contribution in [0.1, 0.15) is 19.5 Å². The quantitative estimate of drug-likeness (QED) is 0.897. The van der Waals surface area contributed by atoms with Gasteiger partial charge in [-0.15, -0.1) is 0 Å². The van der Waals surface area contributed by atoms with Crippen LogP contribution < -0.4 is 5.32 Å². The topological polar surface area (TPSA) is 24.9 Å². The normalized spacial score (nSPS) is 11.2. The minimum absolute atomic E-state index is 0.110. The van der Waals surface area contributed by atoms with Gasteiger partial charge in [0.2, 0.25) is 0 Å². The molecule has 0 aliphatic heterocycles. The van der Waals surface area contributed by atoms with Crippen LogP contribution in [-0.4, -0.2) is 12.0 Å². The van der Waals surface area contributed by atoms with E-state index in [9.17, 15) is 4.39 Å². The molecule has 0 radical (unpaired) electrons. The molecular weight excluding hydrogens is 251 g/mol. The molecule has 0 saturated carbocycles. The molecule has 1 N–H and O–H groups in total. The van der Waals surface area contributed by atoms with E-state index in [1.54, 1.807) is 12.1 Å². The van der Waals surface area contributed by atoms with E-state index in [4.69, 9.17) is 11.6 Å². The Balaban J connectivity index is 2.68. The van der Waals surface area contributed by atoms with E-state index in [0.29, 0.717) is 11.4 Å². The Bertz CT molecular complexity index is 582. The molecule has 18 heavy (non-hydrogen) atoms. The maximum absolute atomic E-state index is 14.0. The Kier molecular flexibility index (Phi) is 3.71. The van der Waals surface area contributed by atoms with Gasteiger partial charge in [0, 0.05) is 23.8 Å². The molecule has 0 aliphatic carbocycles. The van der Waals surface area contributed by atoms with Crippen LogP contribution in [0.2, 0.25) is 5.02 Å². The maximum Gasteiger partial charge on any atom is 0.168 e. The summed E-state index contributed by atoms with van der Waals surface area (Å²) in [5, 5.41) is 3.95. The molecule has 0 amide bonds. The van der Waals surface area contributed by atoms with Crippen LogP contribution in [-0.2, 0) is 6.42 Å². The number of fused-ring (bicyclic) bond motifs is 1. The van der Waals surface area contributed by atoms with E-state index in [1.165, 1.54) is 0 Å². The number of nitrogens with zero attached hydrogens (tertiary/aromatic N) is 1. The van der Waals surface area contributed by atoms with Gasteiger partial charge in [-0.2, -0.15) is 0 Å². The summed E-state index contributed by atoms with van der Waals surface area (Å²) >= 11 is 5.81. The number of aromatic nitrogens is 1. The first-order valence-corrected chi connectivity index (χ1v) is 6.36. The summed E-state index contributed by atoms with van der Waals surface area (Å²) in [6.07, 6.45) is 0.816. The fourth-order valence-corrected chi connectivity index (χ4v) is 2.17. The second-order valence-electron chi connectivity index (χ2n) is 4.77. The molecule has 0 fully saturated rings. The smallest absolute Gasteiger partial charge is 0.168 e. The molecule has 4 heteroatoms. The fourth-order valence-electron chi connectivity index (χ4n) is 2.02. The van der Waals surface area contributed by atoms with Crippen LogP contribution in [0.25, 0.3) is 10.9 Å². The van der Waals surface area contributed by atoms with Crippen LogP contribution in [0.15, 0.2) is 18.2 Å². The lowest BCUT2D eigenvalue weighted by atomic mass is 10.1. The highest BCUT2D eigenvalue weighted by Crippen LogP contribution is 2.29. The standard InChI is InChI=1S/C14H16ClFN2/c1-8(2)6-9-7-12(17-3)10-4-5-11(15)13(16)14(10)18-9/h4-5,7-8H,6H2,1-3H3,(H,17,18). The predicted octanol–water partition coefficient (Wildman–Crippen LogP) is 4.27. The second-order valence-corrected chi connectivity index (χ2v) is 5.17. The Morgan fingerprint density at radius 2 is 2.11 bits per heavy atom. The first-order valence-electron chi connectivity index (χ1n) is 5.98. The van der Waals surface area contributed by atoms with Crippen molar-refractivity contribution in [1.82, 2.24) is 4.98 Å². The van der Waals surface area contributed by atoms with E-state index < -0.39 is 5.82 Å². The zero-order valence-corrected chi connectivity index (χ0v) is 11.5. The lowest BCUT2D eigenvalue weighted by Crippen LogP contribution is -2.01. The van der Waals surface area contributed by atoms with Gasteiger partial charge in [-0.05, 0) is 30.5 Å². The molecule has 0 atom stereocenters. The number of rotatable bonds is 3. The van der Waals surface area contributed by atoms with Crippen molar-refractivity contribution in [2.24, 2.45) is 5.92 Å². The molecule has 0 aliphatic rings. The molecule has 2 nitrogen and oxygen atoms in total. The summed E-state index contributed by atoms with van der Waals surface area (Å²) in [6, 6.07) is 5.32. The summed E-state index contributed by atoms with van der Waals surface area (Å²) in [4.78, 5) is 4.38. The average molecular weight is 267 g/mol. The average Bonchev–Trinajstić information content (AvgIpc) is 2.32. The van der Waals surface area contributed by atoms with Crippen LogP contribution >= 0.6 is 11.6 Å². The molecule has 1 heterocycles. The van der Waals surface area contributed by atoms with Gasteiger partial charge in [0.05, 0.1) is 5.02 Å². The predicted molar refractivity (Wildman–Crippen MR) is 74.8 cm³/mol. The minimum Gasteiger partial charge on any atom is -0.388 e. The largest absolute Gasteiger partial charge is 0.388 e. The summed E-state index contributed by atoms with van der Waals surface area (Å²) in [5.41, 5.74) is 2.10. The Labute approximate surface area is 111 Å². The molecule has 96 valence electrons. The van der Waals surface area contributed by atoms with E-state index >= 15 is 0 Å². The third-order valence-electron chi connectivity index (χ3n) is 2.81. The Morgan fingerprint density at radius 3 is 2.72 bits per heavy atom. The van der Waals surface area contributed by atoms with Crippen molar-refractivity contribution in [2.75, 3.05) is 12.4 Å². The number of halogens is 2. The highest BCUT2D eigenvalue weighted by atomic mass is 35.5. The number of pyridine rings is 1. The molecule has 0 saturated heterocycles. The third-order valence-corrected chi connectivity index (χ3v) is 3.10. The van der Waals surface area contributed by atoms with Crippen LogP contribution in [0, 0.1) is 11.7 Å². The van der Waals surface area contributed by atoms with E-state index in [-0.39, 0.29) is 5.02 Å². The Morgan fingerprint density at radius 1 is 1.39 bits per heavy atom. The molecule has 0 spiro atoms. The van der Waals surface area contributed by atoms with Crippen molar-refractivity contribution in [3.63, 3.8) is 0 Å². The van der Waals surface area contributed by atoms with Crippen molar-refractivity contribution in [3.05, 3.63) is 34.7 Å². The molecule has 2 rings (SSSR count). The van der Waals surface area contributed by atoms with Crippen molar-refractivity contribution < 1.29 is 4.39 Å². The van der Waals surface area contributed by atoms with E-state index in [0.717, 1.165) is 23.2 Å². The van der Waals surface area contributed by atoms with Gasteiger partial charge in [0.25, 0.3) is 0 Å². The lowest BCUT2D eigenvalue weighted by Gasteiger charge is -2.11. The van der Waals surface area contributed by atoms with Crippen molar-refractivity contribution in [3.8, 4) is 0 Å². The van der Waals surface area contributed by atoms with Gasteiger partial charge in [0.15, 0.2) is 5.82 Å². The number of nitrogens with one attached hydrogen (secondary N) is 1. The van der Waals surface area contributed by atoms with Crippen molar-refractivity contribution in [1.29, 1.82) is 0 Å². The van der Waals surface area contributed by atoms with Gasteiger partial charge in [-0.25, -0.2) is 9.37 Å². The van der Waals surface area contributed by atoms with Crippen LogP contribution in [0.3, 0.4) is 0 Å². The first-order chi connectivity index (χ1) is 8.52. The number of anilines is 1. The first kappa shape index (κ1) is 13.1. The highest BCUT2D eigenvalue weighted by molar-refractivity contribution is 6.31. The van der Waals surface area contributed by atoms with Crippen LogP contribution in [0.5, 0.6) is 0 Å². The highest BCUT2D eigenvalue weighted by Gasteiger charge is 2.12. The monoisotopic (exact) mass is 266 g/mol. The second kappa shape index (κ2) is 5.11. The molecule has 1 aromatic heterocycles. The minimum atomic E-state index is -0.448. The number of hydrogen-bond acceptors (Lipinski definition) is 2. The van der Waals surface area contributed by atoms with Gasteiger partial charge >= 0.3 is 0 Å². The summed E-state index contributed by atoms with van der Waals surface area (Å²) < 4.78 is 14.0. The molecule has 0 bridgehead atoms. The summed E-state index contributed by atoms with van der Waals surface area (Å²) in [5.74, 6) is 0.0261. The lowest BCUT2D eigenvalue weighted by molar-refractivity contribution is 0.626. The van der Waals surface area contributed by atoms with E-state index in [2.05, 4.69) is 24.1 Å². The SMILES string of the molecule is CNc1cc(CC(C)C)nc2c(F)c(Cl)ccc12. The number of hydrogen-bond donors (Lipinski definition) is 1. The van der Waals surface area contributed by atoms with Crippen LogP contribution in [0.4, 0.5) is 10.1 Å². The molecular formula is C14H16ClFN2. The van der Waals surface area contributed by atoms with Gasteiger partial charge in [-0.1, -0.05) is 25.4 Å². The third kappa shape index (κ3) is 2.41. The zero-order chi connectivity index (χ0) is 13.3. The number of benzene rings is 1.